The number of nitrogens with one attached hydrogen (secondary N) is 2. The summed E-state index contributed by atoms with van der Waals surface area (Å²) < 4.78 is 30.5. The number of rotatable bonds is 3. The van der Waals surface area contributed by atoms with Gasteiger partial charge in [0, 0.05) is 29.3 Å². The van der Waals surface area contributed by atoms with Crippen molar-refractivity contribution in [3.05, 3.63) is 41.8 Å². The van der Waals surface area contributed by atoms with Crippen LogP contribution in [0.3, 0.4) is 0 Å². The van der Waals surface area contributed by atoms with E-state index in [0.29, 0.717) is 36.4 Å². The van der Waals surface area contributed by atoms with Crippen molar-refractivity contribution < 1.29 is 13.6 Å². The Kier molecular flexibility index (Phi) is 4.36. The molecule has 2 aliphatic rings. The lowest BCUT2D eigenvalue weighted by atomic mass is 9.79. The van der Waals surface area contributed by atoms with Crippen molar-refractivity contribution in [1.82, 2.24) is 20.1 Å². The zero-order chi connectivity index (χ0) is 21.0. The molecule has 2 aromatic heterocycles. The molecule has 3 atom stereocenters. The standard InChI is InChI=1S/C22H23F2N5O/c1-3-22(2)18-14(6-9-26-20(18)27-21(22)30)19-13-5-4-12(23)10-17(13)29(28-19)16-7-8-25-11-15(16)24/h4-6,9-10,15-16,25H,3,7-8,11H2,1-2H3,(H,26,27,30)/t15-,16+,22+/m0/s1. The third-order valence-electron chi connectivity index (χ3n) is 6.56. The van der Waals surface area contributed by atoms with Crippen LogP contribution in [0.2, 0.25) is 0 Å². The van der Waals surface area contributed by atoms with E-state index in [2.05, 4.69) is 15.6 Å². The highest BCUT2D eigenvalue weighted by molar-refractivity contribution is 6.08. The number of carbonyl (C=O) groups is 1. The molecule has 0 spiro atoms. The maximum atomic E-state index is 14.7. The van der Waals surface area contributed by atoms with Crippen LogP contribution < -0.4 is 10.6 Å². The van der Waals surface area contributed by atoms with E-state index in [1.54, 1.807) is 16.9 Å². The molecule has 30 heavy (non-hydrogen) atoms. The molecule has 0 aliphatic carbocycles. The van der Waals surface area contributed by atoms with Gasteiger partial charge in [0.05, 0.1) is 17.0 Å². The quantitative estimate of drug-likeness (QED) is 0.689. The molecule has 8 heteroatoms. The predicted molar refractivity (Wildman–Crippen MR) is 111 cm³/mol. The molecule has 0 saturated carbocycles. The van der Waals surface area contributed by atoms with Gasteiger partial charge in [0.1, 0.15) is 23.5 Å². The van der Waals surface area contributed by atoms with E-state index in [0.717, 1.165) is 16.5 Å². The van der Waals surface area contributed by atoms with Gasteiger partial charge in [-0.15, -0.1) is 0 Å². The molecule has 1 amide bonds. The molecular formula is C22H23F2N5O. The number of pyridine rings is 1. The van der Waals surface area contributed by atoms with E-state index in [4.69, 9.17) is 5.10 Å². The second kappa shape index (κ2) is 6.84. The van der Waals surface area contributed by atoms with E-state index < -0.39 is 23.4 Å². The number of nitrogens with zero attached hydrogens (tertiary/aromatic N) is 3. The summed E-state index contributed by atoms with van der Waals surface area (Å²) in [7, 11) is 0. The number of fused-ring (bicyclic) bond motifs is 2. The number of alkyl halides is 1. The highest BCUT2D eigenvalue weighted by atomic mass is 19.1. The smallest absolute Gasteiger partial charge is 0.236 e. The summed E-state index contributed by atoms with van der Waals surface area (Å²) in [4.78, 5) is 17.0. The van der Waals surface area contributed by atoms with Crippen LogP contribution in [0.1, 0.15) is 38.3 Å². The van der Waals surface area contributed by atoms with Crippen LogP contribution in [0.15, 0.2) is 30.5 Å². The summed E-state index contributed by atoms with van der Waals surface area (Å²) in [5.74, 6) is 0.0311. The lowest BCUT2D eigenvalue weighted by Gasteiger charge is -2.27. The molecule has 5 rings (SSSR count). The predicted octanol–water partition coefficient (Wildman–Crippen LogP) is 3.73. The van der Waals surface area contributed by atoms with Gasteiger partial charge in [-0.2, -0.15) is 5.10 Å². The zero-order valence-corrected chi connectivity index (χ0v) is 16.9. The van der Waals surface area contributed by atoms with Gasteiger partial charge in [-0.1, -0.05) is 6.92 Å². The van der Waals surface area contributed by atoms with Gasteiger partial charge in [-0.05, 0) is 50.6 Å². The fourth-order valence-electron chi connectivity index (χ4n) is 4.65. The second-order valence-corrected chi connectivity index (χ2v) is 8.25. The van der Waals surface area contributed by atoms with Crippen LogP contribution in [-0.4, -0.2) is 39.9 Å². The number of anilines is 1. The van der Waals surface area contributed by atoms with Crippen molar-refractivity contribution in [2.75, 3.05) is 18.4 Å². The monoisotopic (exact) mass is 411 g/mol. The molecule has 1 aromatic carbocycles. The number of benzene rings is 1. The largest absolute Gasteiger partial charge is 0.314 e. The molecule has 2 aliphatic heterocycles. The van der Waals surface area contributed by atoms with Gasteiger partial charge in [0.15, 0.2) is 0 Å². The maximum absolute atomic E-state index is 14.7. The average Bonchev–Trinajstić information content (AvgIpc) is 3.23. The number of piperidine rings is 1. The topological polar surface area (TPSA) is 71.8 Å². The average molecular weight is 411 g/mol. The molecule has 3 aromatic rings. The third-order valence-corrected chi connectivity index (χ3v) is 6.56. The molecule has 4 heterocycles. The second-order valence-electron chi connectivity index (χ2n) is 8.25. The fourth-order valence-corrected chi connectivity index (χ4v) is 4.65. The summed E-state index contributed by atoms with van der Waals surface area (Å²) in [5.41, 5.74) is 1.98. The number of aromatic nitrogens is 3. The molecule has 0 radical (unpaired) electrons. The minimum Gasteiger partial charge on any atom is -0.314 e. The molecule has 1 fully saturated rings. The van der Waals surface area contributed by atoms with Gasteiger partial charge in [0.25, 0.3) is 0 Å². The molecule has 6 nitrogen and oxygen atoms in total. The first-order valence-electron chi connectivity index (χ1n) is 10.3. The highest BCUT2D eigenvalue weighted by Gasteiger charge is 2.44. The Bertz CT molecular complexity index is 1160. The number of hydrogen-bond donors (Lipinski definition) is 2. The van der Waals surface area contributed by atoms with Gasteiger partial charge < -0.3 is 10.6 Å². The van der Waals surface area contributed by atoms with Crippen molar-refractivity contribution in [3.63, 3.8) is 0 Å². The maximum Gasteiger partial charge on any atom is 0.236 e. The summed E-state index contributed by atoms with van der Waals surface area (Å²) in [6, 6.07) is 5.83. The van der Waals surface area contributed by atoms with Crippen LogP contribution in [-0.2, 0) is 10.2 Å². The molecule has 0 unspecified atom stereocenters. The van der Waals surface area contributed by atoms with Gasteiger partial charge in [-0.25, -0.2) is 13.8 Å². The first-order valence-corrected chi connectivity index (χ1v) is 10.3. The number of amides is 1. The van der Waals surface area contributed by atoms with E-state index in [9.17, 15) is 13.6 Å². The van der Waals surface area contributed by atoms with Crippen molar-refractivity contribution in [1.29, 1.82) is 0 Å². The Morgan fingerprint density at radius 1 is 1.33 bits per heavy atom. The van der Waals surface area contributed by atoms with Crippen molar-refractivity contribution >= 4 is 22.6 Å². The minimum absolute atomic E-state index is 0.100. The summed E-state index contributed by atoms with van der Waals surface area (Å²) in [5, 5.41) is 11.4. The highest BCUT2D eigenvalue weighted by Crippen LogP contribution is 2.45. The van der Waals surface area contributed by atoms with Gasteiger partial charge in [0.2, 0.25) is 5.91 Å². The van der Waals surface area contributed by atoms with Crippen LogP contribution in [0, 0.1) is 5.82 Å². The Labute approximate surface area is 172 Å². The molecule has 0 bridgehead atoms. The normalized spacial score (nSPS) is 26.1. The SMILES string of the molecule is CC[C@@]1(C)C(=O)Nc2nccc(-c3nn([C@@H]4CCNC[C@@H]4F)c4cc(F)ccc34)c21. The molecular weight excluding hydrogens is 388 g/mol. The Hall–Kier alpha value is -2.87. The summed E-state index contributed by atoms with van der Waals surface area (Å²) in [6.07, 6.45) is 1.67. The van der Waals surface area contributed by atoms with Gasteiger partial charge in [-0.3, -0.25) is 9.48 Å². The Balaban J connectivity index is 1.77. The van der Waals surface area contributed by atoms with Crippen molar-refractivity contribution in [2.45, 2.75) is 44.3 Å². The summed E-state index contributed by atoms with van der Waals surface area (Å²) >= 11 is 0. The van der Waals surface area contributed by atoms with E-state index in [-0.39, 0.29) is 12.5 Å². The molecule has 2 N–H and O–H groups in total. The van der Waals surface area contributed by atoms with E-state index in [1.165, 1.54) is 12.1 Å². The minimum atomic E-state index is -1.12. The first kappa shape index (κ1) is 19.1. The lowest BCUT2D eigenvalue weighted by molar-refractivity contribution is -0.120. The zero-order valence-electron chi connectivity index (χ0n) is 16.9. The van der Waals surface area contributed by atoms with Crippen molar-refractivity contribution in [3.8, 4) is 11.3 Å². The van der Waals surface area contributed by atoms with Crippen LogP contribution in [0.5, 0.6) is 0 Å². The van der Waals surface area contributed by atoms with Gasteiger partial charge >= 0.3 is 0 Å². The van der Waals surface area contributed by atoms with Crippen LogP contribution >= 0.6 is 0 Å². The number of halogens is 2. The van der Waals surface area contributed by atoms with Crippen LogP contribution in [0.25, 0.3) is 22.2 Å². The van der Waals surface area contributed by atoms with E-state index in [1.807, 2.05) is 19.9 Å². The van der Waals surface area contributed by atoms with Crippen LogP contribution in [0.4, 0.5) is 14.6 Å². The Morgan fingerprint density at radius 3 is 2.93 bits per heavy atom. The lowest BCUT2D eigenvalue weighted by Crippen LogP contribution is -2.39. The molecule has 156 valence electrons. The molecule has 1 saturated heterocycles. The number of carbonyl (C=O) groups excluding carboxylic acids is 1. The fraction of sp³-hybridized carbons (Fsp3) is 0.409. The number of hydrogen-bond acceptors (Lipinski definition) is 4. The first-order chi connectivity index (χ1) is 14.4. The Morgan fingerprint density at radius 2 is 2.17 bits per heavy atom. The van der Waals surface area contributed by atoms with E-state index >= 15 is 0 Å². The third kappa shape index (κ3) is 2.66. The van der Waals surface area contributed by atoms with Crippen molar-refractivity contribution in [2.24, 2.45) is 0 Å². The summed E-state index contributed by atoms with van der Waals surface area (Å²) in [6.45, 7) is 4.77.